The van der Waals surface area contributed by atoms with Gasteiger partial charge in [0.15, 0.2) is 0 Å². The number of hydrogen-bond donors (Lipinski definition) is 2. The fourth-order valence-electron chi connectivity index (χ4n) is 0.907. The van der Waals surface area contributed by atoms with E-state index in [1.807, 2.05) is 12.1 Å². The molecule has 0 amide bonds. The van der Waals surface area contributed by atoms with Crippen molar-refractivity contribution in [3.63, 3.8) is 0 Å². The van der Waals surface area contributed by atoms with Gasteiger partial charge in [-0.05, 0) is 35.1 Å². The summed E-state index contributed by atoms with van der Waals surface area (Å²) >= 11 is 3.24. The van der Waals surface area contributed by atoms with Crippen LogP contribution in [0.1, 0.15) is 11.8 Å². The summed E-state index contributed by atoms with van der Waals surface area (Å²) in [5, 5.41) is 12.4. The summed E-state index contributed by atoms with van der Waals surface area (Å²) in [5.41, 5.74) is 0.679. The van der Waals surface area contributed by atoms with E-state index in [0.29, 0.717) is 12.2 Å². The minimum Gasteiger partial charge on any atom is -0.385 e. The average molecular weight is 231 g/mol. The molecule has 0 spiro atoms. The molecule has 0 fully saturated rings. The zero-order valence-corrected chi connectivity index (χ0v) is 8.37. The van der Waals surface area contributed by atoms with Gasteiger partial charge >= 0.3 is 0 Å². The van der Waals surface area contributed by atoms with Crippen LogP contribution in [0.15, 0.2) is 22.8 Å². The van der Waals surface area contributed by atoms with Crippen molar-refractivity contribution < 1.29 is 5.11 Å². The summed E-state index contributed by atoms with van der Waals surface area (Å²) in [6, 6.07) is 5.48. The van der Waals surface area contributed by atoms with Crippen molar-refractivity contribution >= 4 is 15.9 Å². The summed E-state index contributed by atoms with van der Waals surface area (Å²) in [6.07, 6.45) is -0.535. The summed E-state index contributed by atoms with van der Waals surface area (Å²) in [7, 11) is 1.79. The number of rotatable bonds is 3. The molecule has 0 aliphatic carbocycles. The van der Waals surface area contributed by atoms with Gasteiger partial charge in [0, 0.05) is 6.54 Å². The highest BCUT2D eigenvalue weighted by atomic mass is 79.9. The van der Waals surface area contributed by atoms with Crippen LogP contribution >= 0.6 is 15.9 Å². The number of nitrogens with zero attached hydrogens (tertiary/aromatic N) is 1. The number of aliphatic hydroxyl groups excluding tert-OH is 1. The van der Waals surface area contributed by atoms with E-state index in [1.165, 1.54) is 0 Å². The molecular weight excluding hydrogens is 220 g/mol. The van der Waals surface area contributed by atoms with Crippen LogP contribution in [-0.4, -0.2) is 23.7 Å². The second kappa shape index (κ2) is 4.54. The Morgan fingerprint density at radius 1 is 1.67 bits per heavy atom. The molecule has 12 heavy (non-hydrogen) atoms. The number of hydrogen-bond acceptors (Lipinski definition) is 3. The second-order valence-corrected chi connectivity index (χ2v) is 3.27. The van der Waals surface area contributed by atoms with Crippen LogP contribution in [0.25, 0.3) is 0 Å². The highest BCUT2D eigenvalue weighted by Crippen LogP contribution is 2.12. The predicted molar refractivity (Wildman–Crippen MR) is 50.8 cm³/mol. The number of nitrogens with one attached hydrogen (secondary N) is 1. The Kier molecular flexibility index (Phi) is 3.65. The molecule has 0 aliphatic rings. The molecule has 1 rings (SSSR count). The lowest BCUT2D eigenvalue weighted by atomic mass is 10.2. The van der Waals surface area contributed by atoms with Gasteiger partial charge in [0.1, 0.15) is 10.7 Å². The van der Waals surface area contributed by atoms with Gasteiger partial charge in [-0.1, -0.05) is 6.07 Å². The Bertz CT molecular complexity index is 255. The van der Waals surface area contributed by atoms with E-state index in [4.69, 9.17) is 0 Å². The van der Waals surface area contributed by atoms with E-state index < -0.39 is 6.10 Å². The molecule has 4 heteroatoms. The average Bonchev–Trinajstić information content (AvgIpc) is 2.05. The van der Waals surface area contributed by atoms with Crippen LogP contribution in [0.2, 0.25) is 0 Å². The van der Waals surface area contributed by atoms with E-state index in [1.54, 1.807) is 13.1 Å². The van der Waals surface area contributed by atoms with Crippen LogP contribution in [-0.2, 0) is 0 Å². The molecule has 0 aliphatic heterocycles. The standard InChI is InChI=1S/C8H11BrN2O/c1-10-5-7(12)6-3-2-4-8(9)11-6/h2-4,7,10,12H,5H2,1H3. The molecular formula is C8H11BrN2O. The fraction of sp³-hybridized carbons (Fsp3) is 0.375. The summed E-state index contributed by atoms with van der Waals surface area (Å²) < 4.78 is 0.746. The normalized spacial score (nSPS) is 12.9. The van der Waals surface area contributed by atoms with E-state index in [2.05, 4.69) is 26.2 Å². The van der Waals surface area contributed by atoms with Crippen LogP contribution in [0.4, 0.5) is 0 Å². The van der Waals surface area contributed by atoms with Gasteiger partial charge < -0.3 is 10.4 Å². The smallest absolute Gasteiger partial charge is 0.108 e. The van der Waals surface area contributed by atoms with Gasteiger partial charge in [-0.15, -0.1) is 0 Å². The summed E-state index contributed by atoms with van der Waals surface area (Å²) in [6.45, 7) is 0.517. The van der Waals surface area contributed by atoms with Gasteiger partial charge in [-0.3, -0.25) is 0 Å². The molecule has 0 radical (unpaired) electrons. The van der Waals surface area contributed by atoms with E-state index in [-0.39, 0.29) is 0 Å². The van der Waals surface area contributed by atoms with Crippen LogP contribution in [0, 0.1) is 0 Å². The molecule has 0 aromatic carbocycles. The lowest BCUT2D eigenvalue weighted by Crippen LogP contribution is -2.17. The first kappa shape index (κ1) is 9.64. The van der Waals surface area contributed by atoms with Crippen molar-refractivity contribution in [1.29, 1.82) is 0 Å². The fourth-order valence-corrected chi connectivity index (χ4v) is 1.26. The van der Waals surface area contributed by atoms with E-state index >= 15 is 0 Å². The monoisotopic (exact) mass is 230 g/mol. The zero-order chi connectivity index (χ0) is 8.97. The first-order valence-electron chi connectivity index (χ1n) is 3.69. The zero-order valence-electron chi connectivity index (χ0n) is 6.79. The molecule has 1 aromatic rings. The highest BCUT2D eigenvalue weighted by molar-refractivity contribution is 9.10. The third-order valence-corrected chi connectivity index (χ3v) is 1.92. The summed E-state index contributed by atoms with van der Waals surface area (Å²) in [4.78, 5) is 4.12. The molecule has 3 nitrogen and oxygen atoms in total. The molecule has 1 unspecified atom stereocenters. The Morgan fingerprint density at radius 2 is 2.42 bits per heavy atom. The Balaban J connectivity index is 2.73. The minimum absolute atomic E-state index is 0.517. The number of pyridine rings is 1. The van der Waals surface area contributed by atoms with Gasteiger partial charge in [0.25, 0.3) is 0 Å². The van der Waals surface area contributed by atoms with Crippen molar-refractivity contribution in [3.05, 3.63) is 28.5 Å². The number of aromatic nitrogens is 1. The topological polar surface area (TPSA) is 45.1 Å². The van der Waals surface area contributed by atoms with E-state index in [9.17, 15) is 5.11 Å². The molecule has 66 valence electrons. The lowest BCUT2D eigenvalue weighted by Gasteiger charge is -2.08. The van der Waals surface area contributed by atoms with Gasteiger partial charge in [-0.2, -0.15) is 0 Å². The second-order valence-electron chi connectivity index (χ2n) is 2.46. The predicted octanol–water partition coefficient (Wildman–Crippen LogP) is 1.10. The maximum atomic E-state index is 9.50. The Hall–Kier alpha value is -0.450. The molecule has 2 N–H and O–H groups in total. The molecule has 0 bridgehead atoms. The third-order valence-electron chi connectivity index (χ3n) is 1.48. The third kappa shape index (κ3) is 2.55. The maximum Gasteiger partial charge on any atom is 0.108 e. The number of halogens is 1. The van der Waals surface area contributed by atoms with Gasteiger partial charge in [-0.25, -0.2) is 4.98 Å². The van der Waals surface area contributed by atoms with Gasteiger partial charge in [0.05, 0.1) is 5.69 Å². The Labute approximate surface area is 80.0 Å². The van der Waals surface area contributed by atoms with Crippen LogP contribution in [0.3, 0.4) is 0 Å². The quantitative estimate of drug-likeness (QED) is 0.765. The van der Waals surface area contributed by atoms with E-state index in [0.717, 1.165) is 4.60 Å². The van der Waals surface area contributed by atoms with Gasteiger partial charge in [0.2, 0.25) is 0 Å². The van der Waals surface area contributed by atoms with Crippen molar-refractivity contribution in [2.24, 2.45) is 0 Å². The van der Waals surface area contributed by atoms with Crippen molar-refractivity contribution in [2.45, 2.75) is 6.10 Å². The van der Waals surface area contributed by atoms with Crippen LogP contribution in [0.5, 0.6) is 0 Å². The molecule has 1 aromatic heterocycles. The Morgan fingerprint density at radius 3 is 3.00 bits per heavy atom. The number of aliphatic hydroxyl groups is 1. The SMILES string of the molecule is CNCC(O)c1cccc(Br)n1. The minimum atomic E-state index is -0.535. The maximum absolute atomic E-state index is 9.50. The molecule has 0 saturated heterocycles. The first-order chi connectivity index (χ1) is 5.74. The van der Waals surface area contributed by atoms with Crippen LogP contribution < -0.4 is 5.32 Å². The lowest BCUT2D eigenvalue weighted by molar-refractivity contribution is 0.173. The largest absolute Gasteiger partial charge is 0.385 e. The molecule has 1 heterocycles. The molecule has 0 saturated carbocycles. The molecule has 1 atom stereocenters. The van der Waals surface area contributed by atoms with Crippen molar-refractivity contribution in [3.8, 4) is 0 Å². The highest BCUT2D eigenvalue weighted by Gasteiger charge is 2.06. The first-order valence-corrected chi connectivity index (χ1v) is 4.48. The summed E-state index contributed by atoms with van der Waals surface area (Å²) in [5.74, 6) is 0. The number of likely N-dealkylation sites (N-methyl/N-ethyl adjacent to an activating group) is 1. The van der Waals surface area contributed by atoms with Crippen molar-refractivity contribution in [1.82, 2.24) is 10.3 Å². The van der Waals surface area contributed by atoms with Crippen molar-refractivity contribution in [2.75, 3.05) is 13.6 Å².